The molecule has 0 rings (SSSR count). The fourth-order valence-corrected chi connectivity index (χ4v) is 3.74. The van der Waals surface area contributed by atoms with Gasteiger partial charge in [0.2, 0.25) is 0 Å². The molecule has 0 aliphatic rings. The number of hydrogen-bond donors (Lipinski definition) is 0. The molecule has 0 aromatic carbocycles. The van der Waals surface area contributed by atoms with Gasteiger partial charge in [-0.15, -0.1) is 0 Å². The van der Waals surface area contributed by atoms with E-state index >= 15 is 0 Å². The van der Waals surface area contributed by atoms with Gasteiger partial charge in [-0.25, -0.2) is 0 Å². The predicted octanol–water partition coefficient (Wildman–Crippen LogP) is 7.08. The summed E-state index contributed by atoms with van der Waals surface area (Å²) >= 11 is 0. The molecule has 1 atom stereocenters. The van der Waals surface area contributed by atoms with Crippen molar-refractivity contribution in [1.29, 1.82) is 0 Å². The number of hydrogen-bond acceptors (Lipinski definition) is 1. The van der Waals surface area contributed by atoms with Crippen molar-refractivity contribution in [3.05, 3.63) is 12.2 Å². The quantitative estimate of drug-likeness (QED) is 0.144. The lowest BCUT2D eigenvalue weighted by molar-refractivity contribution is -0.886. The van der Waals surface area contributed by atoms with Gasteiger partial charge < -0.3 is 4.48 Å². The molecular formula is C24H48NO+. The van der Waals surface area contributed by atoms with Crippen LogP contribution in [0.25, 0.3) is 0 Å². The topological polar surface area (TPSA) is 17.1 Å². The first-order chi connectivity index (χ1) is 12.4. The third-order valence-electron chi connectivity index (χ3n) is 5.38. The maximum atomic E-state index is 12.3. The Morgan fingerprint density at radius 1 is 0.731 bits per heavy atom. The number of carbonyl (C=O) groups is 1. The van der Waals surface area contributed by atoms with Gasteiger partial charge in [-0.05, 0) is 32.1 Å². The monoisotopic (exact) mass is 366 g/mol. The van der Waals surface area contributed by atoms with Crippen molar-refractivity contribution in [1.82, 2.24) is 0 Å². The van der Waals surface area contributed by atoms with E-state index in [0.29, 0.717) is 5.78 Å². The smallest absolute Gasteiger partial charge is 0.189 e. The van der Waals surface area contributed by atoms with Crippen molar-refractivity contribution in [2.24, 2.45) is 0 Å². The second kappa shape index (κ2) is 16.5. The van der Waals surface area contributed by atoms with Crippen LogP contribution in [0.1, 0.15) is 110 Å². The Hall–Kier alpha value is -0.630. The molecule has 0 heterocycles. The van der Waals surface area contributed by atoms with E-state index in [4.69, 9.17) is 0 Å². The highest BCUT2D eigenvalue weighted by atomic mass is 16.1. The first kappa shape index (κ1) is 25.4. The van der Waals surface area contributed by atoms with Gasteiger partial charge >= 0.3 is 0 Å². The summed E-state index contributed by atoms with van der Waals surface area (Å²) in [6.45, 7) is 4.41. The van der Waals surface area contributed by atoms with Gasteiger partial charge in [-0.2, -0.15) is 0 Å². The minimum atomic E-state index is 0.173. The Bertz CT molecular complexity index is 354. The van der Waals surface area contributed by atoms with Gasteiger partial charge in [0.15, 0.2) is 5.78 Å². The number of Topliss-reactive ketones (excluding diaryl/α,β-unsaturated/α-hetero) is 1. The third-order valence-corrected chi connectivity index (χ3v) is 5.38. The largest absolute Gasteiger partial charge is 0.322 e. The van der Waals surface area contributed by atoms with Crippen LogP contribution in [0.3, 0.4) is 0 Å². The first-order valence-corrected chi connectivity index (χ1v) is 11.4. The minimum Gasteiger partial charge on any atom is -0.322 e. The molecule has 0 spiro atoms. The molecular weight excluding hydrogens is 318 g/mol. The van der Waals surface area contributed by atoms with Crippen LogP contribution in [-0.2, 0) is 4.79 Å². The van der Waals surface area contributed by atoms with Crippen LogP contribution in [-0.4, -0.2) is 37.5 Å². The van der Waals surface area contributed by atoms with Crippen LogP contribution in [0.4, 0.5) is 0 Å². The van der Waals surface area contributed by atoms with Crippen molar-refractivity contribution < 1.29 is 9.28 Å². The van der Waals surface area contributed by atoms with Crippen LogP contribution in [0.2, 0.25) is 0 Å². The average molecular weight is 367 g/mol. The number of rotatable bonds is 18. The van der Waals surface area contributed by atoms with Gasteiger partial charge in [-0.3, -0.25) is 4.79 Å². The molecule has 26 heavy (non-hydrogen) atoms. The van der Waals surface area contributed by atoms with Gasteiger partial charge in [0, 0.05) is 12.8 Å². The third kappa shape index (κ3) is 14.5. The number of quaternary nitrogens is 1. The normalized spacial score (nSPS) is 13.4. The standard InChI is InChI=1S/C24H48NO/c1-6-8-9-10-11-12-13-14-15-16-17-18-19-20-21-22-24(26)23(7-2)25(3,4)5/h14-15,23H,6-13,16-22H2,1-5H3/q+1/b15-14-. The number of carbonyl (C=O) groups excluding carboxylic acids is 1. The highest BCUT2D eigenvalue weighted by Gasteiger charge is 2.28. The molecule has 2 heteroatoms. The number of unbranched alkanes of at least 4 members (excludes halogenated alkanes) is 11. The fourth-order valence-electron chi connectivity index (χ4n) is 3.74. The molecule has 0 aliphatic heterocycles. The number of allylic oxidation sites excluding steroid dienone is 2. The summed E-state index contributed by atoms with van der Waals surface area (Å²) in [6, 6.07) is 0.173. The second-order valence-electron chi connectivity index (χ2n) is 8.84. The summed E-state index contributed by atoms with van der Waals surface area (Å²) in [4.78, 5) is 12.3. The van der Waals surface area contributed by atoms with Crippen LogP contribution >= 0.6 is 0 Å². The molecule has 1 unspecified atom stereocenters. The van der Waals surface area contributed by atoms with Crippen molar-refractivity contribution in [2.45, 2.75) is 116 Å². The number of ketones is 1. The summed E-state index contributed by atoms with van der Waals surface area (Å²) in [5.41, 5.74) is 0. The van der Waals surface area contributed by atoms with Crippen molar-refractivity contribution in [3.8, 4) is 0 Å². The summed E-state index contributed by atoms with van der Waals surface area (Å²) in [5, 5.41) is 0. The maximum Gasteiger partial charge on any atom is 0.189 e. The van der Waals surface area contributed by atoms with Gasteiger partial charge in [0.05, 0.1) is 21.1 Å². The molecule has 0 fully saturated rings. The van der Waals surface area contributed by atoms with E-state index in [2.05, 4.69) is 47.1 Å². The van der Waals surface area contributed by atoms with E-state index in [1.807, 2.05) is 0 Å². The Kier molecular flexibility index (Phi) is 16.1. The first-order valence-electron chi connectivity index (χ1n) is 11.4. The second-order valence-corrected chi connectivity index (χ2v) is 8.84. The van der Waals surface area contributed by atoms with Gasteiger partial charge in [0.25, 0.3) is 0 Å². The Labute approximate surface area is 165 Å². The highest BCUT2D eigenvalue weighted by molar-refractivity contribution is 5.82. The van der Waals surface area contributed by atoms with Crippen LogP contribution in [0.5, 0.6) is 0 Å². The van der Waals surface area contributed by atoms with E-state index in [1.165, 1.54) is 77.0 Å². The fraction of sp³-hybridized carbons (Fsp3) is 0.875. The van der Waals surface area contributed by atoms with Gasteiger partial charge in [-0.1, -0.05) is 77.4 Å². The molecule has 0 saturated carbocycles. The molecule has 0 bridgehead atoms. The van der Waals surface area contributed by atoms with E-state index in [1.54, 1.807) is 0 Å². The molecule has 0 saturated heterocycles. The molecule has 0 aromatic rings. The van der Waals surface area contributed by atoms with E-state index < -0.39 is 0 Å². The van der Waals surface area contributed by atoms with E-state index in [0.717, 1.165) is 23.7 Å². The molecule has 2 nitrogen and oxygen atoms in total. The van der Waals surface area contributed by atoms with E-state index in [9.17, 15) is 4.79 Å². The summed E-state index contributed by atoms with van der Waals surface area (Å²) in [5.74, 6) is 0.456. The lowest BCUT2D eigenvalue weighted by Crippen LogP contribution is -2.49. The average Bonchev–Trinajstić information content (AvgIpc) is 2.57. The van der Waals surface area contributed by atoms with Gasteiger partial charge in [0.1, 0.15) is 6.04 Å². The lowest BCUT2D eigenvalue weighted by Gasteiger charge is -2.32. The number of nitrogens with zero attached hydrogens (tertiary/aromatic N) is 1. The van der Waals surface area contributed by atoms with Crippen molar-refractivity contribution in [2.75, 3.05) is 21.1 Å². The Morgan fingerprint density at radius 2 is 1.19 bits per heavy atom. The van der Waals surface area contributed by atoms with E-state index in [-0.39, 0.29) is 6.04 Å². The molecule has 0 aromatic heterocycles. The zero-order chi connectivity index (χ0) is 19.7. The summed E-state index contributed by atoms with van der Waals surface area (Å²) in [7, 11) is 6.39. The zero-order valence-electron chi connectivity index (χ0n) is 18.7. The highest BCUT2D eigenvalue weighted by Crippen LogP contribution is 2.14. The summed E-state index contributed by atoms with van der Waals surface area (Å²) < 4.78 is 0.764. The summed E-state index contributed by atoms with van der Waals surface area (Å²) in [6.07, 6.45) is 23.5. The molecule has 0 radical (unpaired) electrons. The minimum absolute atomic E-state index is 0.173. The molecule has 154 valence electrons. The Balaban J connectivity index is 3.46. The molecule has 0 N–H and O–H groups in total. The van der Waals surface area contributed by atoms with Crippen LogP contribution < -0.4 is 0 Å². The molecule has 0 amide bonds. The SMILES string of the molecule is CCCCCCCC/C=C\CCCCCCCC(=O)C(CC)[N+](C)(C)C. The number of likely N-dealkylation sites (N-methyl/N-ethyl adjacent to an activating group) is 1. The Morgan fingerprint density at radius 3 is 1.65 bits per heavy atom. The van der Waals surface area contributed by atoms with Crippen LogP contribution in [0, 0.1) is 0 Å². The van der Waals surface area contributed by atoms with Crippen molar-refractivity contribution >= 4 is 5.78 Å². The lowest BCUT2D eigenvalue weighted by atomic mass is 10.0. The zero-order valence-corrected chi connectivity index (χ0v) is 18.7. The maximum absolute atomic E-state index is 12.3. The van der Waals surface area contributed by atoms with Crippen LogP contribution in [0.15, 0.2) is 12.2 Å². The molecule has 0 aliphatic carbocycles. The van der Waals surface area contributed by atoms with Crippen molar-refractivity contribution in [3.63, 3.8) is 0 Å². The predicted molar refractivity (Wildman–Crippen MR) is 117 cm³/mol.